The molecule has 0 spiro atoms. The molecule has 0 radical (unpaired) electrons. The van der Waals surface area contributed by atoms with Crippen molar-refractivity contribution in [1.29, 1.82) is 0 Å². The molecule has 0 bridgehead atoms. The quantitative estimate of drug-likeness (QED) is 0.0202. The summed E-state index contributed by atoms with van der Waals surface area (Å²) in [4.78, 5) is 13.4. The van der Waals surface area contributed by atoms with Gasteiger partial charge in [-0.2, -0.15) is 0 Å². The SMILES string of the molecule is CCCCC/C=C\C/C=C\CCCCCCCCCC(=O)NC(COC1OC(CO)C(OC2OC(CO)C(OC3OC(CO)C(O)C(O)C3O)C(O)C2O)C(O)C1O)C(O)/C=C/CCCCCCCCCCCCCCCCCCCCCCC. The average Bonchev–Trinajstić information content (AvgIpc) is 3.10. The van der Waals surface area contributed by atoms with Gasteiger partial charge in [-0.25, -0.2) is 0 Å². The van der Waals surface area contributed by atoms with Crippen LogP contribution < -0.4 is 5.32 Å². The van der Waals surface area contributed by atoms with Gasteiger partial charge in [0.05, 0.1) is 38.6 Å². The summed E-state index contributed by atoms with van der Waals surface area (Å²) in [5, 5.41) is 120. The van der Waals surface area contributed by atoms with Crippen molar-refractivity contribution in [3.05, 3.63) is 36.5 Å². The van der Waals surface area contributed by atoms with Gasteiger partial charge >= 0.3 is 0 Å². The van der Waals surface area contributed by atoms with E-state index in [9.17, 15) is 61.0 Å². The highest BCUT2D eigenvalue weighted by Crippen LogP contribution is 2.33. The van der Waals surface area contributed by atoms with Gasteiger partial charge in [0, 0.05) is 6.42 Å². The van der Waals surface area contributed by atoms with E-state index in [0.717, 1.165) is 83.5 Å². The molecule has 12 N–H and O–H groups in total. The third-order valence-electron chi connectivity index (χ3n) is 16.9. The summed E-state index contributed by atoms with van der Waals surface area (Å²) in [7, 11) is 0. The zero-order chi connectivity index (χ0) is 61.9. The van der Waals surface area contributed by atoms with Crippen LogP contribution in [0.25, 0.3) is 0 Å². The molecule has 85 heavy (non-hydrogen) atoms. The lowest BCUT2D eigenvalue weighted by molar-refractivity contribution is -0.379. The summed E-state index contributed by atoms with van der Waals surface area (Å²) in [6.45, 7) is 1.71. The fraction of sp³-hybridized carbons (Fsp3) is 0.894. The highest BCUT2D eigenvalue weighted by molar-refractivity contribution is 5.76. The van der Waals surface area contributed by atoms with Crippen LogP contribution in [-0.2, 0) is 33.2 Å². The topological polar surface area (TPSA) is 307 Å². The summed E-state index contributed by atoms with van der Waals surface area (Å²) >= 11 is 0. The number of carbonyl (C=O) groups is 1. The van der Waals surface area contributed by atoms with Crippen molar-refractivity contribution < 1.29 is 89.4 Å². The van der Waals surface area contributed by atoms with Gasteiger partial charge in [0.15, 0.2) is 18.9 Å². The van der Waals surface area contributed by atoms with E-state index in [2.05, 4.69) is 43.5 Å². The van der Waals surface area contributed by atoms with Crippen molar-refractivity contribution in [3.63, 3.8) is 0 Å². The van der Waals surface area contributed by atoms with Gasteiger partial charge in [-0.3, -0.25) is 4.79 Å². The number of nitrogens with one attached hydrogen (secondary N) is 1. The smallest absolute Gasteiger partial charge is 0.220 e. The molecule has 3 fully saturated rings. The van der Waals surface area contributed by atoms with Crippen molar-refractivity contribution in [3.8, 4) is 0 Å². The number of allylic oxidation sites excluding steroid dienone is 5. The van der Waals surface area contributed by atoms with Gasteiger partial charge in [-0.05, 0) is 51.4 Å². The van der Waals surface area contributed by atoms with E-state index in [1.165, 1.54) is 135 Å². The Morgan fingerprint density at radius 1 is 0.424 bits per heavy atom. The van der Waals surface area contributed by atoms with E-state index < -0.39 is 124 Å². The number of amides is 1. The fourth-order valence-corrected chi connectivity index (χ4v) is 11.4. The van der Waals surface area contributed by atoms with Crippen LogP contribution in [-0.4, -0.2) is 193 Å². The molecular formula is C66H121NO18. The van der Waals surface area contributed by atoms with Gasteiger partial charge in [-0.1, -0.05) is 224 Å². The Bertz CT molecular complexity index is 1690. The van der Waals surface area contributed by atoms with Crippen LogP contribution in [0.15, 0.2) is 36.5 Å². The van der Waals surface area contributed by atoms with Crippen LogP contribution in [0.4, 0.5) is 0 Å². The van der Waals surface area contributed by atoms with Gasteiger partial charge in [0.2, 0.25) is 5.91 Å². The van der Waals surface area contributed by atoms with Crippen molar-refractivity contribution in [1.82, 2.24) is 5.32 Å². The molecule has 1 amide bonds. The third kappa shape index (κ3) is 31.5. The number of hydrogen-bond acceptors (Lipinski definition) is 18. The van der Waals surface area contributed by atoms with Crippen LogP contribution in [0.3, 0.4) is 0 Å². The standard InChI is InChI=1S/C66H121NO18/c1-3-5-7-9-11-13-15-17-19-21-22-23-24-25-26-28-29-31-33-35-37-39-41-43-50(71)49(67-54(72)44-42-40-38-36-34-32-30-27-20-18-16-14-12-10-8-6-4-2)48-80-64-60(78)57(75)62(52(46-69)82-64)85-66-61(79)58(76)63(53(47-70)83-66)84-65-59(77)56(74)55(73)51(45-68)81-65/h12,14,18,20,41,43,49-53,55-66,68-71,73-79H,3-11,13,15-17,19,21-40,42,44-48H2,1-2H3,(H,67,72)/b14-12-,20-18-,43-41+. The van der Waals surface area contributed by atoms with Crippen LogP contribution in [0, 0.1) is 0 Å². The predicted octanol–water partition coefficient (Wildman–Crippen LogP) is 8.05. The van der Waals surface area contributed by atoms with E-state index in [1.54, 1.807) is 6.08 Å². The van der Waals surface area contributed by atoms with Gasteiger partial charge in [-0.15, -0.1) is 0 Å². The molecule has 17 atom stereocenters. The summed E-state index contributed by atoms with van der Waals surface area (Å²) in [6, 6.07) is -0.977. The first kappa shape index (κ1) is 77.3. The molecular weight excluding hydrogens is 1090 g/mol. The van der Waals surface area contributed by atoms with Gasteiger partial charge < -0.3 is 89.9 Å². The molecule has 0 aromatic heterocycles. The normalized spacial score (nSPS) is 29.2. The lowest BCUT2D eigenvalue weighted by Crippen LogP contribution is -2.66. The lowest BCUT2D eigenvalue weighted by Gasteiger charge is -2.48. The minimum atomic E-state index is -1.98. The number of aliphatic hydroxyl groups is 11. The van der Waals surface area contributed by atoms with Gasteiger partial charge in [0.1, 0.15) is 73.2 Å². The fourth-order valence-electron chi connectivity index (χ4n) is 11.4. The summed E-state index contributed by atoms with van der Waals surface area (Å²) in [5.41, 5.74) is 0. The molecule has 3 aliphatic rings. The number of aliphatic hydroxyl groups excluding tert-OH is 11. The molecule has 3 rings (SSSR count). The van der Waals surface area contributed by atoms with E-state index in [1.807, 2.05) is 6.08 Å². The maximum Gasteiger partial charge on any atom is 0.220 e. The van der Waals surface area contributed by atoms with Crippen LogP contribution in [0.1, 0.15) is 245 Å². The van der Waals surface area contributed by atoms with E-state index in [0.29, 0.717) is 6.42 Å². The Morgan fingerprint density at radius 3 is 1.22 bits per heavy atom. The second kappa shape index (κ2) is 48.8. The number of carbonyl (C=O) groups excluding carboxylic acids is 1. The Kier molecular flexibility index (Phi) is 44.4. The molecule has 19 nitrogen and oxygen atoms in total. The predicted molar refractivity (Wildman–Crippen MR) is 328 cm³/mol. The Labute approximate surface area is 511 Å². The van der Waals surface area contributed by atoms with Crippen molar-refractivity contribution in [2.24, 2.45) is 0 Å². The molecule has 3 heterocycles. The zero-order valence-corrected chi connectivity index (χ0v) is 52.3. The molecule has 498 valence electrons. The molecule has 0 aromatic carbocycles. The summed E-state index contributed by atoms with van der Waals surface area (Å²) < 4.78 is 34.3. The first-order valence-electron chi connectivity index (χ1n) is 33.7. The molecule has 3 aliphatic heterocycles. The number of ether oxygens (including phenoxy) is 6. The Morgan fingerprint density at radius 2 is 0.776 bits per heavy atom. The highest BCUT2D eigenvalue weighted by atomic mass is 16.8. The summed E-state index contributed by atoms with van der Waals surface area (Å²) in [6.07, 6.45) is 28.3. The van der Waals surface area contributed by atoms with Crippen LogP contribution >= 0.6 is 0 Å². The number of unbranched alkanes of at least 4 members (excludes halogenated alkanes) is 31. The number of hydrogen-bond donors (Lipinski definition) is 12. The minimum Gasteiger partial charge on any atom is -0.394 e. The van der Waals surface area contributed by atoms with Gasteiger partial charge in [0.25, 0.3) is 0 Å². The average molecular weight is 1220 g/mol. The van der Waals surface area contributed by atoms with E-state index in [4.69, 9.17) is 28.4 Å². The molecule has 0 saturated carbocycles. The lowest BCUT2D eigenvalue weighted by atomic mass is 9.96. The first-order valence-corrected chi connectivity index (χ1v) is 33.7. The maximum absolute atomic E-state index is 13.4. The molecule has 3 saturated heterocycles. The highest BCUT2D eigenvalue weighted by Gasteiger charge is 2.53. The van der Waals surface area contributed by atoms with E-state index in [-0.39, 0.29) is 18.9 Å². The third-order valence-corrected chi connectivity index (χ3v) is 16.9. The molecule has 0 aromatic rings. The molecule has 0 aliphatic carbocycles. The first-order chi connectivity index (χ1) is 41.3. The van der Waals surface area contributed by atoms with E-state index >= 15 is 0 Å². The van der Waals surface area contributed by atoms with Crippen molar-refractivity contribution >= 4 is 5.91 Å². The maximum atomic E-state index is 13.4. The summed E-state index contributed by atoms with van der Waals surface area (Å²) in [5.74, 6) is -0.282. The second-order valence-electron chi connectivity index (χ2n) is 24.3. The second-order valence-corrected chi connectivity index (χ2v) is 24.3. The van der Waals surface area contributed by atoms with Crippen molar-refractivity contribution in [2.75, 3.05) is 26.4 Å². The number of rotatable bonds is 51. The van der Waals surface area contributed by atoms with Crippen LogP contribution in [0.2, 0.25) is 0 Å². The van der Waals surface area contributed by atoms with Crippen LogP contribution in [0.5, 0.6) is 0 Å². The van der Waals surface area contributed by atoms with Crippen molar-refractivity contribution in [2.45, 2.75) is 349 Å². The molecule has 17 unspecified atom stereocenters. The Balaban J connectivity index is 1.46. The largest absolute Gasteiger partial charge is 0.394 e. The Hall–Kier alpha value is -1.99. The molecule has 19 heteroatoms. The minimum absolute atomic E-state index is 0.235. The monoisotopic (exact) mass is 1220 g/mol. The zero-order valence-electron chi connectivity index (χ0n) is 52.3.